The van der Waals surface area contributed by atoms with Crippen LogP contribution < -0.4 is 15.0 Å². The van der Waals surface area contributed by atoms with Crippen LogP contribution in [0.4, 0.5) is 20.4 Å². The summed E-state index contributed by atoms with van der Waals surface area (Å²) in [6.07, 6.45) is 3.35. The molecular weight excluding hydrogens is 460 g/mol. The lowest BCUT2D eigenvalue weighted by Crippen LogP contribution is -2.39. The van der Waals surface area contributed by atoms with Crippen LogP contribution in [-0.4, -0.2) is 66.5 Å². The first kappa shape index (κ1) is 23.2. The van der Waals surface area contributed by atoms with Gasteiger partial charge in [-0.1, -0.05) is 0 Å². The molecule has 1 atom stereocenters. The third-order valence-corrected chi connectivity index (χ3v) is 6.14. The van der Waals surface area contributed by atoms with E-state index in [4.69, 9.17) is 24.2 Å². The van der Waals surface area contributed by atoms with Crippen LogP contribution in [0.15, 0.2) is 30.5 Å². The van der Waals surface area contributed by atoms with Gasteiger partial charge in [-0.3, -0.25) is 0 Å². The number of anilines is 2. The Balaban J connectivity index is 1.40. The first-order chi connectivity index (χ1) is 17.0. The van der Waals surface area contributed by atoms with Gasteiger partial charge < -0.3 is 24.4 Å². The van der Waals surface area contributed by atoms with Gasteiger partial charge in [0.25, 0.3) is 0 Å². The second-order valence-corrected chi connectivity index (χ2v) is 8.50. The Bertz CT molecular complexity index is 1230. The van der Waals surface area contributed by atoms with Crippen LogP contribution >= 0.6 is 0 Å². The molecule has 2 fully saturated rings. The van der Waals surface area contributed by atoms with Crippen molar-refractivity contribution >= 4 is 28.6 Å². The second-order valence-electron chi connectivity index (χ2n) is 8.50. The van der Waals surface area contributed by atoms with E-state index in [1.54, 1.807) is 6.07 Å². The van der Waals surface area contributed by atoms with Crippen molar-refractivity contribution in [1.29, 1.82) is 0 Å². The number of pyridine rings is 1. The molecule has 0 unspecified atom stereocenters. The summed E-state index contributed by atoms with van der Waals surface area (Å²) >= 11 is 0. The van der Waals surface area contributed by atoms with E-state index in [2.05, 4.69) is 15.2 Å². The SMILES string of the molecule is COC(=O)c1nccc2nc(N3CCC(Oc4ccc(F)cc4F)CC3)c(N[C@@H]3CCOC3)nc12. The zero-order valence-corrected chi connectivity index (χ0v) is 19.2. The molecule has 4 heterocycles. The molecule has 1 N–H and O–H groups in total. The molecule has 2 aromatic heterocycles. The molecule has 0 saturated carbocycles. The number of hydrogen-bond acceptors (Lipinski definition) is 9. The van der Waals surface area contributed by atoms with Gasteiger partial charge in [0.05, 0.1) is 25.3 Å². The monoisotopic (exact) mass is 485 g/mol. The highest BCUT2D eigenvalue weighted by Gasteiger charge is 2.28. The normalized spacial score (nSPS) is 18.6. The van der Waals surface area contributed by atoms with Crippen LogP contribution in [-0.2, 0) is 9.47 Å². The van der Waals surface area contributed by atoms with Gasteiger partial charge in [-0.05, 0) is 24.6 Å². The number of benzene rings is 1. The fraction of sp³-hybridized carbons (Fsp3) is 0.417. The zero-order chi connectivity index (χ0) is 24.4. The minimum Gasteiger partial charge on any atom is -0.487 e. The molecule has 0 bridgehead atoms. The van der Waals surface area contributed by atoms with E-state index >= 15 is 0 Å². The number of fused-ring (bicyclic) bond motifs is 1. The lowest BCUT2D eigenvalue weighted by molar-refractivity contribution is 0.0596. The predicted octanol–water partition coefficient (Wildman–Crippen LogP) is 3.34. The summed E-state index contributed by atoms with van der Waals surface area (Å²) in [6.45, 7) is 2.40. The highest BCUT2D eigenvalue weighted by Crippen LogP contribution is 2.31. The summed E-state index contributed by atoms with van der Waals surface area (Å²) in [6, 6.07) is 5.08. The van der Waals surface area contributed by atoms with Crippen molar-refractivity contribution in [3.63, 3.8) is 0 Å². The number of carbonyl (C=O) groups excluding carboxylic acids is 1. The first-order valence-electron chi connectivity index (χ1n) is 11.5. The fourth-order valence-electron chi connectivity index (χ4n) is 4.31. The average Bonchev–Trinajstić information content (AvgIpc) is 3.38. The van der Waals surface area contributed by atoms with Crippen molar-refractivity contribution in [2.75, 3.05) is 43.6 Å². The quantitative estimate of drug-likeness (QED) is 0.527. The maximum atomic E-state index is 14.0. The fourth-order valence-corrected chi connectivity index (χ4v) is 4.31. The van der Waals surface area contributed by atoms with Crippen molar-refractivity contribution in [2.24, 2.45) is 0 Å². The highest BCUT2D eigenvalue weighted by atomic mass is 19.1. The first-order valence-corrected chi connectivity index (χ1v) is 11.5. The largest absolute Gasteiger partial charge is 0.487 e. The molecule has 0 spiro atoms. The smallest absolute Gasteiger partial charge is 0.359 e. The van der Waals surface area contributed by atoms with Crippen LogP contribution in [0.25, 0.3) is 11.0 Å². The molecule has 2 aliphatic heterocycles. The Kier molecular flexibility index (Phi) is 6.58. The zero-order valence-electron chi connectivity index (χ0n) is 19.2. The van der Waals surface area contributed by atoms with Crippen molar-refractivity contribution in [2.45, 2.75) is 31.4 Å². The second kappa shape index (κ2) is 9.95. The summed E-state index contributed by atoms with van der Waals surface area (Å²) < 4.78 is 43.3. The third-order valence-electron chi connectivity index (χ3n) is 6.14. The number of ether oxygens (including phenoxy) is 3. The van der Waals surface area contributed by atoms with Gasteiger partial charge in [0.2, 0.25) is 0 Å². The molecule has 0 aliphatic carbocycles. The Morgan fingerprint density at radius 2 is 2.00 bits per heavy atom. The van der Waals surface area contributed by atoms with Gasteiger partial charge in [-0.15, -0.1) is 0 Å². The molecule has 0 radical (unpaired) electrons. The number of nitrogens with zero attached hydrogens (tertiary/aromatic N) is 4. The van der Waals surface area contributed by atoms with Crippen LogP contribution in [0.3, 0.4) is 0 Å². The molecule has 184 valence electrons. The van der Waals surface area contributed by atoms with Gasteiger partial charge in [0.15, 0.2) is 28.9 Å². The molecule has 11 heteroatoms. The molecule has 0 amide bonds. The van der Waals surface area contributed by atoms with Crippen LogP contribution in [0.1, 0.15) is 29.8 Å². The summed E-state index contributed by atoms with van der Waals surface area (Å²) in [5.41, 5.74) is 0.980. The van der Waals surface area contributed by atoms with E-state index in [-0.39, 0.29) is 23.6 Å². The number of halogens is 2. The molecular formula is C24H25F2N5O4. The summed E-state index contributed by atoms with van der Waals surface area (Å²) in [5.74, 6) is -0.709. The summed E-state index contributed by atoms with van der Waals surface area (Å²) in [5, 5.41) is 3.41. The maximum absolute atomic E-state index is 14.0. The third kappa shape index (κ3) is 4.95. The number of rotatable bonds is 6. The van der Waals surface area contributed by atoms with Crippen LogP contribution in [0, 0.1) is 11.6 Å². The number of nitrogens with one attached hydrogen (secondary N) is 1. The van der Waals surface area contributed by atoms with E-state index in [1.165, 1.54) is 25.4 Å². The van der Waals surface area contributed by atoms with E-state index in [1.807, 2.05) is 0 Å². The van der Waals surface area contributed by atoms with Crippen molar-refractivity contribution < 1.29 is 27.8 Å². The van der Waals surface area contributed by atoms with E-state index in [0.717, 1.165) is 12.5 Å². The molecule has 5 rings (SSSR count). The lowest BCUT2D eigenvalue weighted by atomic mass is 10.1. The van der Waals surface area contributed by atoms with Gasteiger partial charge in [-0.25, -0.2) is 28.5 Å². The standard InChI is InChI=1S/C24H25F2N5O4/c1-33-24(32)21-20-18(4-8-27-21)29-23(22(30-20)28-15-7-11-34-13-15)31-9-5-16(6-10-31)35-19-3-2-14(25)12-17(19)26/h2-4,8,12,15-16H,5-7,9-11,13H2,1H3,(H,28,30)/t15-/m1/s1. The predicted molar refractivity (Wildman–Crippen MR) is 124 cm³/mol. The molecule has 1 aromatic carbocycles. The average molecular weight is 485 g/mol. The topological polar surface area (TPSA) is 98.7 Å². The van der Waals surface area contributed by atoms with Gasteiger partial charge in [0.1, 0.15) is 17.4 Å². The molecule has 35 heavy (non-hydrogen) atoms. The van der Waals surface area contributed by atoms with Crippen molar-refractivity contribution in [3.05, 3.63) is 47.8 Å². The summed E-state index contributed by atoms with van der Waals surface area (Å²) in [4.78, 5) is 28.0. The van der Waals surface area contributed by atoms with Gasteiger partial charge in [0, 0.05) is 44.8 Å². The maximum Gasteiger partial charge on any atom is 0.359 e. The van der Waals surface area contributed by atoms with E-state index in [0.29, 0.717) is 61.8 Å². The number of carbonyl (C=O) groups is 1. The molecule has 2 saturated heterocycles. The number of aromatic nitrogens is 3. The van der Waals surface area contributed by atoms with Crippen LogP contribution in [0.5, 0.6) is 5.75 Å². The Morgan fingerprint density at radius 3 is 2.71 bits per heavy atom. The van der Waals surface area contributed by atoms with Crippen molar-refractivity contribution in [3.8, 4) is 5.75 Å². The lowest BCUT2D eigenvalue weighted by Gasteiger charge is -2.34. The van der Waals surface area contributed by atoms with E-state index < -0.39 is 17.6 Å². The summed E-state index contributed by atoms with van der Waals surface area (Å²) in [7, 11) is 1.30. The van der Waals surface area contributed by atoms with Gasteiger partial charge in [-0.2, -0.15) is 0 Å². The van der Waals surface area contributed by atoms with Gasteiger partial charge >= 0.3 is 5.97 Å². The molecule has 9 nitrogen and oxygen atoms in total. The Hall–Kier alpha value is -3.60. The number of methoxy groups -OCH3 is 1. The Morgan fingerprint density at radius 1 is 1.17 bits per heavy atom. The van der Waals surface area contributed by atoms with E-state index in [9.17, 15) is 13.6 Å². The number of hydrogen-bond donors (Lipinski definition) is 1. The minimum atomic E-state index is -0.715. The minimum absolute atomic E-state index is 0.0433. The molecule has 3 aromatic rings. The number of piperidine rings is 1. The highest BCUT2D eigenvalue weighted by molar-refractivity contribution is 6.00. The van der Waals surface area contributed by atoms with Crippen LogP contribution in [0.2, 0.25) is 0 Å². The van der Waals surface area contributed by atoms with Crippen molar-refractivity contribution in [1.82, 2.24) is 15.0 Å². The Labute approximate surface area is 200 Å². The molecule has 2 aliphatic rings. The number of esters is 1.